The minimum atomic E-state index is -3.90. The maximum atomic E-state index is 14.1. The molecular weight excluding hydrogens is 733 g/mol. The number of sulfonamides is 1. The van der Waals surface area contributed by atoms with Crippen LogP contribution >= 0.6 is 24.0 Å². The van der Waals surface area contributed by atoms with Crippen LogP contribution in [0.15, 0.2) is 106 Å². The van der Waals surface area contributed by atoms with Crippen LogP contribution in [0.2, 0.25) is 0 Å². The highest BCUT2D eigenvalue weighted by Gasteiger charge is 2.38. The highest BCUT2D eigenvalue weighted by molar-refractivity contribution is 8.27. The van der Waals surface area contributed by atoms with Crippen molar-refractivity contribution < 1.29 is 22.7 Å². The van der Waals surface area contributed by atoms with Crippen LogP contribution in [0.3, 0.4) is 0 Å². The molecule has 12 nitrogen and oxygen atoms in total. The zero-order chi connectivity index (χ0) is 37.4. The summed E-state index contributed by atoms with van der Waals surface area (Å²) in [5, 5.41) is 4.86. The van der Waals surface area contributed by atoms with Gasteiger partial charge in [-0.2, -0.15) is 9.40 Å². The van der Waals surface area contributed by atoms with Gasteiger partial charge in [0.05, 0.1) is 39.4 Å². The van der Waals surface area contributed by atoms with E-state index in [0.29, 0.717) is 41.0 Å². The third-order valence-corrected chi connectivity index (χ3v) is 12.6. The first-order valence-corrected chi connectivity index (χ1v) is 19.7. The Hall–Kier alpha value is -5.09. The van der Waals surface area contributed by atoms with E-state index in [0.717, 1.165) is 17.4 Å². The highest BCUT2D eigenvalue weighted by atomic mass is 32.2. The zero-order valence-corrected chi connectivity index (χ0v) is 31.7. The summed E-state index contributed by atoms with van der Waals surface area (Å²) in [5.41, 5.74) is 3.28. The van der Waals surface area contributed by atoms with Gasteiger partial charge in [-0.1, -0.05) is 72.5 Å². The SMILES string of the molecule is CCOC(=O)C1CCN(S(=O)(=O)c2cccc(-c3nn(-c4ccccc4)cc3/C=C3\SC(=S)N(c4c(C)n(C)n(-c5ccccc5)c4=O)C3=O)c2)CC1. The number of hydrogen-bond donors (Lipinski definition) is 0. The Kier molecular flexibility index (Phi) is 10.1. The fourth-order valence-corrected chi connectivity index (χ4v) is 9.37. The van der Waals surface area contributed by atoms with Crippen LogP contribution in [-0.2, 0) is 31.4 Å². The second-order valence-corrected chi connectivity index (χ2v) is 16.2. The van der Waals surface area contributed by atoms with E-state index in [1.807, 2.05) is 60.7 Å². The molecule has 4 heterocycles. The number of piperidine rings is 1. The number of aromatic nitrogens is 4. The van der Waals surface area contributed by atoms with E-state index in [1.54, 1.807) is 66.8 Å². The molecule has 2 aliphatic rings. The van der Waals surface area contributed by atoms with Crippen molar-refractivity contribution in [2.75, 3.05) is 24.6 Å². The number of carbonyl (C=O) groups is 2. The van der Waals surface area contributed by atoms with E-state index in [2.05, 4.69) is 0 Å². The Morgan fingerprint density at radius 3 is 2.30 bits per heavy atom. The largest absolute Gasteiger partial charge is 0.466 e. The van der Waals surface area contributed by atoms with Crippen molar-refractivity contribution in [1.82, 2.24) is 23.4 Å². The smallest absolute Gasteiger partial charge is 0.309 e. The molecule has 1 amide bonds. The maximum absolute atomic E-state index is 14.1. The number of hydrogen-bond acceptors (Lipinski definition) is 9. The molecule has 0 spiro atoms. The van der Waals surface area contributed by atoms with Crippen LogP contribution < -0.4 is 10.5 Å². The second kappa shape index (κ2) is 14.7. The molecule has 0 bridgehead atoms. The lowest BCUT2D eigenvalue weighted by Gasteiger charge is -2.30. The molecule has 53 heavy (non-hydrogen) atoms. The average Bonchev–Trinajstić information content (AvgIpc) is 3.79. The lowest BCUT2D eigenvalue weighted by atomic mass is 9.98. The summed E-state index contributed by atoms with van der Waals surface area (Å²) >= 11 is 6.78. The number of rotatable bonds is 9. The van der Waals surface area contributed by atoms with Crippen LogP contribution in [0.4, 0.5) is 5.69 Å². The normalized spacial score (nSPS) is 16.5. The first-order valence-electron chi connectivity index (χ1n) is 17.0. The molecule has 0 aliphatic carbocycles. The lowest BCUT2D eigenvalue weighted by Crippen LogP contribution is -2.40. The van der Waals surface area contributed by atoms with E-state index >= 15 is 0 Å². The Balaban J connectivity index is 1.24. The van der Waals surface area contributed by atoms with E-state index in [1.165, 1.54) is 13.9 Å². The quantitative estimate of drug-likeness (QED) is 0.105. The number of thiocarbonyl (C=S) groups is 1. The lowest BCUT2D eigenvalue weighted by molar-refractivity contribution is -0.149. The average molecular weight is 769 g/mol. The highest BCUT2D eigenvalue weighted by Crippen LogP contribution is 2.38. The number of ether oxygens (including phenoxy) is 1. The summed E-state index contributed by atoms with van der Waals surface area (Å²) in [4.78, 5) is 41.9. The molecule has 2 aliphatic heterocycles. The number of nitrogens with zero attached hydrogens (tertiary/aromatic N) is 6. The molecule has 0 radical (unpaired) electrons. The summed E-state index contributed by atoms with van der Waals surface area (Å²) in [7, 11) is -2.15. The predicted molar refractivity (Wildman–Crippen MR) is 209 cm³/mol. The van der Waals surface area contributed by atoms with Crippen LogP contribution in [0.1, 0.15) is 31.0 Å². The van der Waals surface area contributed by atoms with Crippen molar-refractivity contribution in [3.05, 3.63) is 118 Å². The van der Waals surface area contributed by atoms with Crippen molar-refractivity contribution in [2.45, 2.75) is 31.6 Å². The second-order valence-electron chi connectivity index (χ2n) is 12.6. The Bertz CT molecular complexity index is 2430. The third kappa shape index (κ3) is 6.81. The van der Waals surface area contributed by atoms with Gasteiger partial charge in [-0.25, -0.2) is 17.8 Å². The van der Waals surface area contributed by atoms with Crippen molar-refractivity contribution in [1.29, 1.82) is 0 Å². The van der Waals surface area contributed by atoms with Crippen molar-refractivity contribution in [2.24, 2.45) is 13.0 Å². The van der Waals surface area contributed by atoms with E-state index < -0.39 is 15.9 Å². The molecule has 2 aromatic heterocycles. The van der Waals surface area contributed by atoms with Crippen molar-refractivity contribution >= 4 is 62.0 Å². The van der Waals surface area contributed by atoms with E-state index in [-0.39, 0.29) is 57.0 Å². The molecule has 7 rings (SSSR count). The summed E-state index contributed by atoms with van der Waals surface area (Å²) in [5.74, 6) is -1.08. The molecule has 272 valence electrons. The monoisotopic (exact) mass is 768 g/mol. The predicted octanol–water partition coefficient (Wildman–Crippen LogP) is 5.71. The summed E-state index contributed by atoms with van der Waals surface area (Å²) < 4.78 is 39.3. The standard InChI is InChI=1S/C38H36N6O6S3/c1-4-50-37(47)26-18-20-41(21-19-26)53(48,49)31-17-11-12-27(22-31)33-28(24-42(39-33)29-13-7-5-8-14-29)23-32-35(45)43(38(51)52-32)34-25(2)40(3)44(36(34)46)30-15-9-6-10-16-30/h5-17,22-24,26H,4,18-21H2,1-3H3/b32-23-. The summed E-state index contributed by atoms with van der Waals surface area (Å²) in [6.45, 7) is 4.19. The van der Waals surface area contributed by atoms with Crippen molar-refractivity contribution in [3.8, 4) is 22.6 Å². The minimum absolute atomic E-state index is 0.0883. The molecular formula is C38H36N6O6S3. The number of benzene rings is 3. The first-order chi connectivity index (χ1) is 25.5. The number of para-hydroxylation sites is 2. The summed E-state index contributed by atoms with van der Waals surface area (Å²) in [6, 6.07) is 25.1. The van der Waals surface area contributed by atoms with Gasteiger partial charge >= 0.3 is 5.97 Å². The number of esters is 1. The topological polar surface area (TPSA) is 129 Å². The summed E-state index contributed by atoms with van der Waals surface area (Å²) in [6.07, 6.45) is 4.21. The number of carbonyl (C=O) groups excluding carboxylic acids is 2. The fraction of sp³-hybridized carbons (Fsp3) is 0.237. The Morgan fingerprint density at radius 1 is 0.981 bits per heavy atom. The molecule has 0 saturated carbocycles. The zero-order valence-electron chi connectivity index (χ0n) is 29.2. The number of thioether (sulfide) groups is 1. The molecule has 5 aromatic rings. The molecule has 3 aromatic carbocycles. The molecule has 15 heteroatoms. The van der Waals surface area contributed by atoms with Gasteiger partial charge in [0.15, 0.2) is 4.32 Å². The van der Waals surface area contributed by atoms with Crippen LogP contribution in [0.25, 0.3) is 28.7 Å². The first kappa shape index (κ1) is 36.3. The van der Waals surface area contributed by atoms with E-state index in [4.69, 9.17) is 22.1 Å². The molecule has 0 N–H and O–H groups in total. The molecule has 2 saturated heterocycles. The Labute approximate surface area is 316 Å². The third-order valence-electron chi connectivity index (χ3n) is 9.41. The maximum Gasteiger partial charge on any atom is 0.309 e. The van der Waals surface area contributed by atoms with Gasteiger partial charge in [0.1, 0.15) is 11.4 Å². The van der Waals surface area contributed by atoms with Gasteiger partial charge in [-0.05, 0) is 69.2 Å². The van der Waals surface area contributed by atoms with Gasteiger partial charge in [0, 0.05) is 37.5 Å². The van der Waals surface area contributed by atoms with E-state index in [9.17, 15) is 22.8 Å². The van der Waals surface area contributed by atoms with Gasteiger partial charge in [0.25, 0.3) is 11.5 Å². The Morgan fingerprint density at radius 2 is 1.64 bits per heavy atom. The van der Waals surface area contributed by atoms with Gasteiger partial charge < -0.3 is 4.74 Å². The van der Waals surface area contributed by atoms with Gasteiger partial charge in [0.2, 0.25) is 10.0 Å². The minimum Gasteiger partial charge on any atom is -0.466 e. The van der Waals surface area contributed by atoms with Crippen LogP contribution in [0.5, 0.6) is 0 Å². The molecule has 0 unspecified atom stereocenters. The molecule has 0 atom stereocenters. The number of amides is 1. The molecule has 2 fully saturated rings. The number of anilines is 1. The van der Waals surface area contributed by atoms with Crippen LogP contribution in [0, 0.1) is 12.8 Å². The van der Waals surface area contributed by atoms with Crippen LogP contribution in [-0.4, -0.2) is 67.8 Å². The van der Waals surface area contributed by atoms with Gasteiger partial charge in [-0.3, -0.25) is 24.0 Å². The van der Waals surface area contributed by atoms with Gasteiger partial charge in [-0.15, -0.1) is 0 Å². The van der Waals surface area contributed by atoms with Crippen molar-refractivity contribution in [3.63, 3.8) is 0 Å². The fourth-order valence-electron chi connectivity index (χ4n) is 6.59.